The molecule has 0 radical (unpaired) electrons. The number of rotatable bonds is 2. The Morgan fingerprint density at radius 2 is 1.75 bits per heavy atom. The largest absolute Gasteiger partial charge is 0.496 e. The Balaban J connectivity index is 2.29. The zero-order chi connectivity index (χ0) is 14.1. The lowest BCUT2D eigenvalue weighted by Gasteiger charge is -2.12. The molecule has 0 atom stereocenters. The van der Waals surface area contributed by atoms with E-state index in [1.165, 1.54) is 5.56 Å². The maximum absolute atomic E-state index is 6.12. The molecule has 0 aromatic heterocycles. The van der Waals surface area contributed by atoms with E-state index in [4.69, 9.17) is 10.5 Å². The minimum atomic E-state index is 0.785. The fraction of sp³-hybridized carbons (Fsp3) is 0.111. The van der Waals surface area contributed by atoms with Crippen LogP contribution in [0.25, 0.3) is 21.9 Å². The summed E-state index contributed by atoms with van der Waals surface area (Å²) in [5.41, 5.74) is 10.2. The first-order valence-corrected chi connectivity index (χ1v) is 6.62. The van der Waals surface area contributed by atoms with E-state index >= 15 is 0 Å². The normalized spacial score (nSPS) is 10.7. The molecule has 0 heterocycles. The Labute approximate surface area is 118 Å². The second kappa shape index (κ2) is 4.89. The van der Waals surface area contributed by atoms with E-state index in [9.17, 15) is 0 Å². The van der Waals surface area contributed by atoms with Gasteiger partial charge < -0.3 is 10.5 Å². The maximum Gasteiger partial charge on any atom is 0.127 e. The monoisotopic (exact) mass is 263 g/mol. The molecule has 0 aliphatic carbocycles. The van der Waals surface area contributed by atoms with Crippen molar-refractivity contribution in [2.24, 2.45) is 0 Å². The minimum absolute atomic E-state index is 0.785. The van der Waals surface area contributed by atoms with Gasteiger partial charge in [-0.15, -0.1) is 0 Å². The van der Waals surface area contributed by atoms with Crippen LogP contribution in [0.5, 0.6) is 5.75 Å². The number of anilines is 1. The van der Waals surface area contributed by atoms with Gasteiger partial charge in [-0.05, 0) is 42.1 Å². The van der Waals surface area contributed by atoms with Gasteiger partial charge in [0.1, 0.15) is 5.75 Å². The average molecular weight is 263 g/mol. The Morgan fingerprint density at radius 3 is 2.55 bits per heavy atom. The van der Waals surface area contributed by atoms with Crippen LogP contribution < -0.4 is 10.5 Å². The summed E-state index contributed by atoms with van der Waals surface area (Å²) in [6.07, 6.45) is 0. The van der Waals surface area contributed by atoms with E-state index in [-0.39, 0.29) is 0 Å². The van der Waals surface area contributed by atoms with Crippen LogP contribution in [-0.4, -0.2) is 7.11 Å². The first-order valence-electron chi connectivity index (χ1n) is 6.62. The number of aryl methyl sites for hydroxylation is 1. The highest BCUT2D eigenvalue weighted by atomic mass is 16.5. The molecule has 0 aliphatic rings. The molecule has 0 unspecified atom stereocenters. The molecule has 0 saturated carbocycles. The topological polar surface area (TPSA) is 35.2 Å². The molecule has 3 rings (SSSR count). The zero-order valence-electron chi connectivity index (χ0n) is 11.7. The van der Waals surface area contributed by atoms with Crippen LogP contribution in [0.1, 0.15) is 5.56 Å². The van der Waals surface area contributed by atoms with Gasteiger partial charge in [-0.25, -0.2) is 0 Å². The summed E-state index contributed by atoms with van der Waals surface area (Å²) in [4.78, 5) is 0. The molecule has 100 valence electrons. The lowest BCUT2D eigenvalue weighted by atomic mass is 9.98. The van der Waals surface area contributed by atoms with Crippen molar-refractivity contribution in [2.45, 2.75) is 6.92 Å². The zero-order valence-corrected chi connectivity index (χ0v) is 11.7. The lowest BCUT2D eigenvalue weighted by molar-refractivity contribution is 0.420. The van der Waals surface area contributed by atoms with E-state index in [1.54, 1.807) is 7.11 Å². The number of methoxy groups -OCH3 is 1. The third kappa shape index (κ3) is 2.10. The number of hydrogen-bond donors (Lipinski definition) is 1. The predicted molar refractivity (Wildman–Crippen MR) is 85.1 cm³/mol. The van der Waals surface area contributed by atoms with Gasteiger partial charge in [0, 0.05) is 16.6 Å². The van der Waals surface area contributed by atoms with Crippen molar-refractivity contribution in [2.75, 3.05) is 12.8 Å². The smallest absolute Gasteiger partial charge is 0.127 e. The molecule has 0 saturated heterocycles. The van der Waals surface area contributed by atoms with Gasteiger partial charge in [-0.3, -0.25) is 0 Å². The SMILES string of the molecule is COc1cc(-c2cc(C)ccc2N)cc2ccccc12. The number of ether oxygens (including phenoxy) is 1. The van der Waals surface area contributed by atoms with Crippen molar-refractivity contribution in [3.8, 4) is 16.9 Å². The molecule has 0 spiro atoms. The second-order valence-electron chi connectivity index (χ2n) is 4.99. The molecule has 2 heteroatoms. The van der Waals surface area contributed by atoms with Crippen molar-refractivity contribution in [1.29, 1.82) is 0 Å². The Morgan fingerprint density at radius 1 is 0.950 bits per heavy atom. The van der Waals surface area contributed by atoms with Crippen LogP contribution in [0.15, 0.2) is 54.6 Å². The van der Waals surface area contributed by atoms with Gasteiger partial charge in [0.25, 0.3) is 0 Å². The summed E-state index contributed by atoms with van der Waals surface area (Å²) in [6.45, 7) is 2.07. The summed E-state index contributed by atoms with van der Waals surface area (Å²) >= 11 is 0. The summed E-state index contributed by atoms with van der Waals surface area (Å²) < 4.78 is 5.52. The van der Waals surface area contributed by atoms with E-state index < -0.39 is 0 Å². The third-order valence-electron chi connectivity index (χ3n) is 3.56. The number of nitrogen functional groups attached to an aromatic ring is 1. The third-order valence-corrected chi connectivity index (χ3v) is 3.56. The number of benzene rings is 3. The van der Waals surface area contributed by atoms with Crippen molar-refractivity contribution in [3.63, 3.8) is 0 Å². The molecule has 3 aromatic carbocycles. The van der Waals surface area contributed by atoms with Gasteiger partial charge in [0.15, 0.2) is 0 Å². The van der Waals surface area contributed by atoms with Crippen LogP contribution in [0.2, 0.25) is 0 Å². The molecule has 0 aliphatic heterocycles. The molecule has 2 N–H and O–H groups in total. The summed E-state index contributed by atoms with van der Waals surface area (Å²) in [5, 5.41) is 2.27. The molecule has 0 bridgehead atoms. The predicted octanol–water partition coefficient (Wildman–Crippen LogP) is 4.41. The Kier molecular flexibility index (Phi) is 3.07. The Bertz CT molecular complexity index is 777. The van der Waals surface area contributed by atoms with Crippen molar-refractivity contribution < 1.29 is 4.74 Å². The standard InChI is InChI=1S/C18H17NO/c1-12-7-8-17(19)16(9-12)14-10-13-5-3-4-6-15(13)18(11-14)20-2/h3-11H,19H2,1-2H3. The molecular formula is C18H17NO. The van der Waals surface area contributed by atoms with Crippen LogP contribution in [0, 0.1) is 6.92 Å². The second-order valence-corrected chi connectivity index (χ2v) is 4.99. The van der Waals surface area contributed by atoms with Crippen LogP contribution in [0.3, 0.4) is 0 Å². The quantitative estimate of drug-likeness (QED) is 0.695. The molecule has 0 amide bonds. The highest BCUT2D eigenvalue weighted by Gasteiger charge is 2.08. The van der Waals surface area contributed by atoms with Gasteiger partial charge in [-0.1, -0.05) is 35.9 Å². The van der Waals surface area contributed by atoms with E-state index in [0.717, 1.165) is 33.3 Å². The van der Waals surface area contributed by atoms with Crippen LogP contribution in [0.4, 0.5) is 5.69 Å². The first-order chi connectivity index (χ1) is 9.69. The molecule has 3 aromatic rings. The average Bonchev–Trinajstić information content (AvgIpc) is 2.48. The highest BCUT2D eigenvalue weighted by Crippen LogP contribution is 2.35. The van der Waals surface area contributed by atoms with Crippen molar-refractivity contribution in [3.05, 3.63) is 60.2 Å². The fourth-order valence-corrected chi connectivity index (χ4v) is 2.52. The van der Waals surface area contributed by atoms with Crippen LogP contribution >= 0.6 is 0 Å². The number of fused-ring (bicyclic) bond motifs is 1. The Hall–Kier alpha value is -2.48. The minimum Gasteiger partial charge on any atom is -0.496 e. The lowest BCUT2D eigenvalue weighted by Crippen LogP contribution is -1.92. The van der Waals surface area contributed by atoms with E-state index in [1.807, 2.05) is 30.3 Å². The summed E-state index contributed by atoms with van der Waals surface area (Å²) in [6, 6.07) is 18.5. The van der Waals surface area contributed by atoms with Gasteiger partial charge >= 0.3 is 0 Å². The van der Waals surface area contributed by atoms with Gasteiger partial charge in [-0.2, -0.15) is 0 Å². The van der Waals surface area contributed by atoms with E-state index in [2.05, 4.69) is 31.2 Å². The number of nitrogens with two attached hydrogens (primary N) is 1. The fourth-order valence-electron chi connectivity index (χ4n) is 2.52. The van der Waals surface area contributed by atoms with Gasteiger partial charge in [0.05, 0.1) is 7.11 Å². The maximum atomic E-state index is 6.12. The first kappa shape index (κ1) is 12.5. The van der Waals surface area contributed by atoms with Gasteiger partial charge in [0.2, 0.25) is 0 Å². The van der Waals surface area contributed by atoms with Crippen LogP contribution in [-0.2, 0) is 0 Å². The number of hydrogen-bond acceptors (Lipinski definition) is 2. The molecular weight excluding hydrogens is 246 g/mol. The summed E-state index contributed by atoms with van der Waals surface area (Å²) in [5.74, 6) is 0.874. The molecule has 2 nitrogen and oxygen atoms in total. The molecule has 0 fully saturated rings. The van der Waals surface area contributed by atoms with Crippen molar-refractivity contribution >= 4 is 16.5 Å². The van der Waals surface area contributed by atoms with Crippen molar-refractivity contribution in [1.82, 2.24) is 0 Å². The summed E-state index contributed by atoms with van der Waals surface area (Å²) in [7, 11) is 1.70. The molecule has 20 heavy (non-hydrogen) atoms. The van der Waals surface area contributed by atoms with E-state index in [0.29, 0.717) is 0 Å². The highest BCUT2D eigenvalue weighted by molar-refractivity contribution is 5.94.